The molecule has 0 saturated carbocycles. The highest BCUT2D eigenvalue weighted by Crippen LogP contribution is 2.24. The summed E-state index contributed by atoms with van der Waals surface area (Å²) in [5.41, 5.74) is 9.77. The van der Waals surface area contributed by atoms with Gasteiger partial charge in [0.2, 0.25) is 76.8 Å². The highest BCUT2D eigenvalue weighted by atomic mass is 35.5. The molecule has 17 amide bonds. The van der Waals surface area contributed by atoms with E-state index in [2.05, 4.69) is 74.1 Å². The molecule has 6 aromatic rings. The number of aliphatic hydroxyl groups excluding tert-OH is 1. The third kappa shape index (κ3) is 28.5. The molecule has 0 unspecified atom stereocenters. The van der Waals surface area contributed by atoms with Crippen LogP contribution in [0, 0.1) is 5.92 Å². The Bertz CT molecular complexity index is 4550. The van der Waals surface area contributed by atoms with Gasteiger partial charge in [-0.05, 0) is 139 Å². The molecule has 11 atom stereocenters. The van der Waals surface area contributed by atoms with Crippen LogP contribution in [-0.4, -0.2) is 196 Å². The molecule has 0 bridgehead atoms. The van der Waals surface area contributed by atoms with Crippen molar-refractivity contribution < 1.29 is 78.4 Å². The number of imide groups is 1. The predicted octanol–water partition coefficient (Wildman–Crippen LogP) is 1.51. The van der Waals surface area contributed by atoms with Gasteiger partial charge in [0.25, 0.3) is 0 Å². The Morgan fingerprint density at radius 3 is 1.58 bits per heavy atom. The standard InChI is InChI=1S/C82H103ClN18O16/c1-45(2)35-60(72(107)92-59(16-9-10-33-87-46(3)4)80(115)101-34-12-17-68(101)79(114)88-47(5)70(84)105)93-74(109)63(38-51-23-30-58(31-24-51)91-81(85)116)95-76(111)64(39-50-21-28-57(29-22-50)90-71(106)66-42-69(104)100-82(117)99-66)97-78(113)67(44-102)98-77(112)65(41-53-13-11-32-86-43-53)96-75(110)62(37-49-19-26-56(83)27-20-49)94-73(108)61(89-48(6)103)40-52-18-25-54-14-7-8-15-55(54)36-52/h7-8,11,13-15,18-32,36,43,45-47,59-68,87,102H,9-10,12,16-17,33-35,37-42,44H2,1-6H3,(H2,84,105)(H,88,114)(H,89,103)(H,90,106)(H,92,107)(H,93,109)(H,94,108)(H,95,111)(H,96,110)(H,97,113)(H,98,112)(H3,85,91,116)(H2,99,100,104,117)/t47-,59+,60+,61-,62-,63+,64+,65-,66+,67+,68+/m1/s1/i/hD. The first kappa shape index (κ1) is 88.5. The van der Waals surface area contributed by atoms with Crippen molar-refractivity contribution >= 4 is 123 Å². The molecule has 8 rings (SSSR count). The Morgan fingerprint density at radius 2 is 1.06 bits per heavy atom. The number of halogens is 1. The minimum Gasteiger partial charge on any atom is -0.394 e. The van der Waals surface area contributed by atoms with Gasteiger partial charge in [-0.1, -0.05) is 124 Å². The van der Waals surface area contributed by atoms with Crippen molar-refractivity contribution in [2.45, 2.75) is 191 Å². The summed E-state index contributed by atoms with van der Waals surface area (Å²) in [6, 6.07) is 17.1. The van der Waals surface area contributed by atoms with E-state index in [0.717, 1.165) is 10.8 Å². The van der Waals surface area contributed by atoms with Gasteiger partial charge in [0.1, 0.15) is 66.5 Å². The Morgan fingerprint density at radius 1 is 0.564 bits per heavy atom. The minimum absolute atomic E-state index is 0.00132. The van der Waals surface area contributed by atoms with Crippen LogP contribution in [0.4, 0.5) is 21.0 Å². The number of rotatable bonds is 41. The number of nitrogens with one attached hydrogen (secondary N) is 14. The van der Waals surface area contributed by atoms with E-state index in [4.69, 9.17) is 18.7 Å². The molecule has 624 valence electrons. The first-order chi connectivity index (χ1) is 56.3. The fraction of sp³-hybridized carbons (Fsp3) is 0.415. The number of hydrogen-bond acceptors (Lipinski definition) is 18. The van der Waals surface area contributed by atoms with Gasteiger partial charge in [0.15, 0.2) is 1.41 Å². The SMILES string of the molecule is [2H]NC(=O)Nc1ccc(C[C@H](NC(=O)[C@H](Cc2ccc(NC(=O)[C@@H]3CC(=O)NC(=O)N3)cc2)NC(=O)[C@H](CO)NC(=O)[C@@H](Cc2cccnc2)NC(=O)[C@@H](Cc2ccc(Cl)cc2)NC(=O)[C@@H](Cc2ccc3ccccc3c2)NC(C)=O)C(=O)N[C@@H](CC(C)C)C(=O)N[C@@H](CCCCNC(C)C)C(=O)N2CCC[C@H]2C(=O)N[C@H](C)C(N)=O)cc1. The number of unbranched alkanes of at least 4 members (excludes halogenated alkanes) is 1. The summed E-state index contributed by atoms with van der Waals surface area (Å²) in [5, 5.41) is 50.4. The lowest BCUT2D eigenvalue weighted by Crippen LogP contribution is -2.62. The van der Waals surface area contributed by atoms with Gasteiger partial charge >= 0.3 is 12.1 Å². The summed E-state index contributed by atoms with van der Waals surface area (Å²) < 4.78 is 7.28. The summed E-state index contributed by atoms with van der Waals surface area (Å²) in [4.78, 5) is 214. The van der Waals surface area contributed by atoms with Crippen LogP contribution < -0.4 is 85.9 Å². The van der Waals surface area contributed by atoms with Crippen LogP contribution in [0.1, 0.15) is 114 Å². The molecular formula is C82H103ClN18O16. The molecular weight excluding hydrogens is 1530 g/mol. The molecule has 2 fully saturated rings. The number of fused-ring (bicyclic) bond motifs is 1. The monoisotopic (exact) mass is 1630 g/mol. The summed E-state index contributed by atoms with van der Waals surface area (Å²) >= 11 is 6.27. The second-order valence-corrected chi connectivity index (χ2v) is 30.2. The van der Waals surface area contributed by atoms with Crippen LogP contribution in [0.5, 0.6) is 0 Å². The highest BCUT2D eigenvalue weighted by Gasteiger charge is 2.41. The zero-order chi connectivity index (χ0) is 85.7. The van der Waals surface area contributed by atoms with Crippen LogP contribution >= 0.6 is 11.6 Å². The number of aliphatic hydroxyl groups is 1. The summed E-state index contributed by atoms with van der Waals surface area (Å²) in [7, 11) is 0. The van der Waals surface area contributed by atoms with Gasteiger partial charge in [-0.2, -0.15) is 0 Å². The number of urea groups is 2. The van der Waals surface area contributed by atoms with Crippen LogP contribution in [0.25, 0.3) is 10.8 Å². The normalized spacial score (nSPS) is 16.2. The number of carbonyl (C=O) groups is 15. The van der Waals surface area contributed by atoms with E-state index in [0.29, 0.717) is 53.1 Å². The smallest absolute Gasteiger partial charge is 0.322 e. The lowest BCUT2D eigenvalue weighted by Gasteiger charge is -2.31. The van der Waals surface area contributed by atoms with Crippen molar-refractivity contribution in [2.75, 3.05) is 30.3 Å². The van der Waals surface area contributed by atoms with Gasteiger partial charge < -0.3 is 90.6 Å². The molecule has 0 spiro atoms. The van der Waals surface area contributed by atoms with Crippen LogP contribution in [0.15, 0.2) is 140 Å². The first-order valence-corrected chi connectivity index (χ1v) is 39.0. The number of nitrogens with zero attached hydrogens (tertiary/aromatic N) is 2. The number of benzene rings is 5. The molecule has 2 saturated heterocycles. The topological polar surface area (TPSA) is 513 Å². The second-order valence-electron chi connectivity index (χ2n) is 29.7. The largest absolute Gasteiger partial charge is 0.394 e. The number of aromatic nitrogens is 1. The van der Waals surface area contributed by atoms with Gasteiger partial charge in [0, 0.05) is 80.4 Å². The minimum atomic E-state index is -1.93. The van der Waals surface area contributed by atoms with Crippen molar-refractivity contribution in [3.05, 3.63) is 173 Å². The Labute approximate surface area is 683 Å². The predicted molar refractivity (Wildman–Crippen MR) is 434 cm³/mol. The number of amides is 17. The number of primary amides is 2. The van der Waals surface area contributed by atoms with Gasteiger partial charge in [-0.25, -0.2) is 9.59 Å². The first-order valence-electron chi connectivity index (χ1n) is 39.1. The fourth-order valence-corrected chi connectivity index (χ4v) is 13.5. The van der Waals surface area contributed by atoms with Crippen molar-refractivity contribution in [3.8, 4) is 0 Å². The summed E-state index contributed by atoms with van der Waals surface area (Å²) in [6.45, 7) is 9.71. The van der Waals surface area contributed by atoms with Crippen molar-refractivity contribution in [3.63, 3.8) is 0 Å². The number of hydrogen-bond donors (Lipinski definition) is 17. The molecule has 1 aromatic heterocycles. The summed E-state index contributed by atoms with van der Waals surface area (Å²) in [5.74, 6) is -11.1. The Kier molecular flexibility index (Phi) is 33.2. The quantitative estimate of drug-likeness (QED) is 0.0242. The third-order valence-electron chi connectivity index (χ3n) is 19.4. The number of carbonyl (C=O) groups excluding carboxylic acids is 15. The second kappa shape index (κ2) is 43.9. The molecule has 2 aliphatic rings. The molecule has 117 heavy (non-hydrogen) atoms. The zero-order valence-electron chi connectivity index (χ0n) is 66.8. The van der Waals surface area contributed by atoms with Crippen LogP contribution in [0.2, 0.25) is 6.43 Å². The summed E-state index contributed by atoms with van der Waals surface area (Å²) in [6.07, 6.45) is 2.95. The van der Waals surface area contributed by atoms with Gasteiger partial charge in [-0.3, -0.25) is 72.6 Å². The lowest BCUT2D eigenvalue weighted by atomic mass is 9.99. The maximum Gasteiger partial charge on any atom is 0.322 e. The molecule has 3 heterocycles. The maximum absolute atomic E-state index is 15.5. The fourth-order valence-electron chi connectivity index (χ4n) is 13.4. The van der Waals surface area contributed by atoms with Crippen molar-refractivity contribution in [2.24, 2.45) is 17.4 Å². The van der Waals surface area contributed by atoms with Gasteiger partial charge in [-0.15, -0.1) is 0 Å². The number of pyridine rings is 1. The van der Waals surface area contributed by atoms with Gasteiger partial charge in [0.05, 0.1) is 13.0 Å². The molecule has 19 N–H and O–H groups in total. The maximum atomic E-state index is 15.5. The average Bonchev–Trinajstić information content (AvgIpc) is 1.62. The van der Waals surface area contributed by atoms with Crippen molar-refractivity contribution in [1.82, 2.24) is 73.7 Å². The average molecular weight is 1630 g/mol. The molecule has 0 aliphatic carbocycles. The number of likely N-dealkylation sites (tertiary alicyclic amines) is 1. The molecule has 5 aromatic carbocycles. The van der Waals surface area contributed by atoms with Crippen molar-refractivity contribution in [1.29, 1.82) is 0 Å². The molecule has 34 nitrogen and oxygen atoms in total. The Balaban J connectivity index is 1.10. The van der Waals surface area contributed by atoms with Crippen LogP contribution in [-0.2, 0) is 94.4 Å². The van der Waals surface area contributed by atoms with E-state index in [1.807, 2.05) is 61.6 Å². The third-order valence-corrected chi connectivity index (χ3v) is 19.7. The van der Waals surface area contributed by atoms with E-state index in [1.165, 1.54) is 79.7 Å². The zero-order valence-corrected chi connectivity index (χ0v) is 66.6. The van der Waals surface area contributed by atoms with E-state index in [9.17, 15) is 57.8 Å². The number of nitrogens with two attached hydrogens (primary N) is 2. The molecule has 0 radical (unpaired) electrons. The van der Waals surface area contributed by atoms with E-state index < -0.39 is 168 Å². The van der Waals surface area contributed by atoms with E-state index in [1.54, 1.807) is 56.0 Å². The van der Waals surface area contributed by atoms with E-state index >= 15 is 19.2 Å². The number of anilines is 2. The lowest BCUT2D eigenvalue weighted by molar-refractivity contribution is -0.142. The highest BCUT2D eigenvalue weighted by molar-refractivity contribution is 6.30. The molecule has 35 heteroatoms. The Hall–Kier alpha value is -12.4. The van der Waals surface area contributed by atoms with Crippen LogP contribution in [0.3, 0.4) is 0 Å². The van der Waals surface area contributed by atoms with E-state index in [-0.39, 0.29) is 86.8 Å². The molecule has 2 aliphatic heterocycles.